The third-order valence-corrected chi connectivity index (χ3v) is 3.02. The molecule has 114 valence electrons. The molecule has 0 bridgehead atoms. The van der Waals surface area contributed by atoms with E-state index >= 15 is 0 Å². The Labute approximate surface area is 122 Å². The van der Waals surface area contributed by atoms with Crippen LogP contribution in [0.2, 0.25) is 0 Å². The molecular weight excluding hydrogens is 276 g/mol. The summed E-state index contributed by atoms with van der Waals surface area (Å²) in [6, 6.07) is 3.38. The number of carbonyl (C=O) groups excluding carboxylic acids is 1. The molecule has 0 radical (unpaired) electrons. The maximum atomic E-state index is 11.7. The van der Waals surface area contributed by atoms with Crippen LogP contribution in [0.1, 0.15) is 24.0 Å². The SMILES string of the molecule is Cc1ccc(NC(=O)NC(CCC(=O)O)C(=O)O)cc1C. The molecule has 0 aliphatic carbocycles. The summed E-state index contributed by atoms with van der Waals surface area (Å²) in [5.74, 6) is -2.39. The highest BCUT2D eigenvalue weighted by Crippen LogP contribution is 2.14. The summed E-state index contributed by atoms with van der Waals surface area (Å²) in [7, 11) is 0. The number of anilines is 1. The van der Waals surface area contributed by atoms with Gasteiger partial charge in [-0.25, -0.2) is 9.59 Å². The second-order valence-electron chi connectivity index (χ2n) is 4.72. The lowest BCUT2D eigenvalue weighted by atomic mass is 10.1. The molecule has 4 N–H and O–H groups in total. The van der Waals surface area contributed by atoms with Gasteiger partial charge >= 0.3 is 18.0 Å². The highest BCUT2D eigenvalue weighted by atomic mass is 16.4. The quantitative estimate of drug-likeness (QED) is 0.638. The lowest BCUT2D eigenvalue weighted by Crippen LogP contribution is -2.43. The largest absolute Gasteiger partial charge is 0.481 e. The van der Waals surface area contributed by atoms with Crippen molar-refractivity contribution in [3.8, 4) is 0 Å². The van der Waals surface area contributed by atoms with Gasteiger partial charge in [-0.15, -0.1) is 0 Å². The van der Waals surface area contributed by atoms with Gasteiger partial charge in [-0.2, -0.15) is 0 Å². The van der Waals surface area contributed by atoms with Crippen LogP contribution >= 0.6 is 0 Å². The number of carboxylic acids is 2. The van der Waals surface area contributed by atoms with Gasteiger partial charge in [0, 0.05) is 12.1 Å². The molecule has 21 heavy (non-hydrogen) atoms. The first-order chi connectivity index (χ1) is 9.79. The summed E-state index contributed by atoms with van der Waals surface area (Å²) in [6.07, 6.45) is -0.508. The van der Waals surface area contributed by atoms with Crippen LogP contribution in [0.5, 0.6) is 0 Å². The Morgan fingerprint density at radius 2 is 1.81 bits per heavy atom. The predicted molar refractivity (Wildman–Crippen MR) is 76.4 cm³/mol. The van der Waals surface area contributed by atoms with Crippen molar-refractivity contribution >= 4 is 23.7 Å². The van der Waals surface area contributed by atoms with Gasteiger partial charge in [-0.05, 0) is 43.5 Å². The van der Waals surface area contributed by atoms with E-state index in [4.69, 9.17) is 10.2 Å². The Morgan fingerprint density at radius 1 is 1.14 bits per heavy atom. The molecule has 1 unspecified atom stereocenters. The molecule has 0 aromatic heterocycles. The zero-order valence-corrected chi connectivity index (χ0v) is 11.8. The number of nitrogens with one attached hydrogen (secondary N) is 2. The minimum Gasteiger partial charge on any atom is -0.481 e. The van der Waals surface area contributed by atoms with E-state index in [-0.39, 0.29) is 12.8 Å². The molecule has 0 fully saturated rings. The molecule has 0 heterocycles. The summed E-state index contributed by atoms with van der Waals surface area (Å²) in [5, 5.41) is 22.3. The Hall–Kier alpha value is -2.57. The second kappa shape index (κ2) is 7.28. The smallest absolute Gasteiger partial charge is 0.326 e. The fourth-order valence-electron chi connectivity index (χ4n) is 1.67. The van der Waals surface area contributed by atoms with Crippen LogP contribution < -0.4 is 10.6 Å². The fraction of sp³-hybridized carbons (Fsp3) is 0.357. The molecule has 0 aliphatic heterocycles. The van der Waals surface area contributed by atoms with Crippen molar-refractivity contribution in [1.82, 2.24) is 5.32 Å². The van der Waals surface area contributed by atoms with Crippen molar-refractivity contribution in [3.63, 3.8) is 0 Å². The topological polar surface area (TPSA) is 116 Å². The molecule has 2 amide bonds. The molecule has 1 aromatic rings. The van der Waals surface area contributed by atoms with Gasteiger partial charge in [0.15, 0.2) is 0 Å². The lowest BCUT2D eigenvalue weighted by molar-refractivity contribution is -0.140. The van der Waals surface area contributed by atoms with E-state index in [1.165, 1.54) is 0 Å². The van der Waals surface area contributed by atoms with Crippen molar-refractivity contribution in [1.29, 1.82) is 0 Å². The number of urea groups is 1. The average Bonchev–Trinajstić information content (AvgIpc) is 2.38. The Balaban J connectivity index is 2.62. The van der Waals surface area contributed by atoms with E-state index in [0.29, 0.717) is 5.69 Å². The van der Waals surface area contributed by atoms with Gasteiger partial charge in [0.1, 0.15) is 6.04 Å². The van der Waals surface area contributed by atoms with Crippen LogP contribution in [0.25, 0.3) is 0 Å². The third kappa shape index (κ3) is 5.52. The number of aryl methyl sites for hydroxylation is 2. The van der Waals surface area contributed by atoms with Gasteiger partial charge in [0.25, 0.3) is 0 Å². The first-order valence-corrected chi connectivity index (χ1v) is 6.39. The number of carboxylic acid groups (broad SMARTS) is 2. The first kappa shape index (κ1) is 16.5. The van der Waals surface area contributed by atoms with Crippen molar-refractivity contribution in [2.75, 3.05) is 5.32 Å². The van der Waals surface area contributed by atoms with Gasteiger partial charge in [-0.1, -0.05) is 6.07 Å². The second-order valence-corrected chi connectivity index (χ2v) is 4.72. The van der Waals surface area contributed by atoms with Crippen LogP contribution in [-0.4, -0.2) is 34.2 Å². The summed E-state index contributed by atoms with van der Waals surface area (Å²) < 4.78 is 0. The van der Waals surface area contributed by atoms with Crippen molar-refractivity contribution in [3.05, 3.63) is 29.3 Å². The highest BCUT2D eigenvalue weighted by molar-refractivity contribution is 5.92. The molecule has 1 atom stereocenters. The zero-order chi connectivity index (χ0) is 16.0. The monoisotopic (exact) mass is 294 g/mol. The number of rotatable bonds is 6. The molecule has 0 saturated heterocycles. The van der Waals surface area contributed by atoms with E-state index in [1.54, 1.807) is 12.1 Å². The van der Waals surface area contributed by atoms with Crippen molar-refractivity contribution < 1.29 is 24.6 Å². The molecule has 0 saturated carbocycles. The summed E-state index contributed by atoms with van der Waals surface area (Å²) >= 11 is 0. The zero-order valence-electron chi connectivity index (χ0n) is 11.8. The maximum Gasteiger partial charge on any atom is 0.326 e. The van der Waals surface area contributed by atoms with E-state index in [1.807, 2.05) is 19.9 Å². The molecule has 7 nitrogen and oxygen atoms in total. The predicted octanol–water partition coefficient (Wildman–Crippen LogP) is 1.74. The standard InChI is InChI=1S/C14H18N2O5/c1-8-3-4-10(7-9(8)2)15-14(21)16-11(13(19)20)5-6-12(17)18/h3-4,7,11H,5-6H2,1-2H3,(H,17,18)(H,19,20)(H2,15,16,21). The van der Waals surface area contributed by atoms with Crippen molar-refractivity contribution in [2.24, 2.45) is 0 Å². The van der Waals surface area contributed by atoms with Crippen molar-refractivity contribution in [2.45, 2.75) is 32.7 Å². The Morgan fingerprint density at radius 3 is 2.33 bits per heavy atom. The molecule has 1 aromatic carbocycles. The van der Waals surface area contributed by atoms with Gasteiger partial charge in [-0.3, -0.25) is 4.79 Å². The average molecular weight is 294 g/mol. The number of amides is 2. The van der Waals surface area contributed by atoms with Crippen LogP contribution in [0, 0.1) is 13.8 Å². The number of hydrogen-bond donors (Lipinski definition) is 4. The van der Waals surface area contributed by atoms with Crippen LogP contribution in [0.3, 0.4) is 0 Å². The van der Waals surface area contributed by atoms with Gasteiger partial charge in [0.05, 0.1) is 0 Å². The minimum absolute atomic E-state index is 0.176. The fourth-order valence-corrected chi connectivity index (χ4v) is 1.67. The van der Waals surface area contributed by atoms with E-state index in [2.05, 4.69) is 10.6 Å². The maximum absolute atomic E-state index is 11.7. The summed E-state index contributed by atoms with van der Waals surface area (Å²) in [5.41, 5.74) is 2.61. The summed E-state index contributed by atoms with van der Waals surface area (Å²) in [6.45, 7) is 3.83. The molecule has 0 spiro atoms. The van der Waals surface area contributed by atoms with E-state index in [9.17, 15) is 14.4 Å². The van der Waals surface area contributed by atoms with Gasteiger partial charge in [0.2, 0.25) is 0 Å². The van der Waals surface area contributed by atoms with E-state index < -0.39 is 24.0 Å². The van der Waals surface area contributed by atoms with Gasteiger partial charge < -0.3 is 20.8 Å². The minimum atomic E-state index is -1.27. The van der Waals surface area contributed by atoms with Crippen LogP contribution in [0.4, 0.5) is 10.5 Å². The van der Waals surface area contributed by atoms with Crippen LogP contribution in [-0.2, 0) is 9.59 Å². The lowest BCUT2D eigenvalue weighted by Gasteiger charge is -2.14. The molecule has 7 heteroatoms. The number of aliphatic carboxylic acids is 2. The molecular formula is C14H18N2O5. The highest BCUT2D eigenvalue weighted by Gasteiger charge is 2.20. The Kier molecular flexibility index (Phi) is 5.71. The van der Waals surface area contributed by atoms with E-state index in [0.717, 1.165) is 11.1 Å². The Bertz CT molecular complexity index is 556. The third-order valence-electron chi connectivity index (χ3n) is 3.02. The molecule has 0 aliphatic rings. The van der Waals surface area contributed by atoms with Crippen LogP contribution in [0.15, 0.2) is 18.2 Å². The normalized spacial score (nSPS) is 11.5. The number of carbonyl (C=O) groups is 3. The first-order valence-electron chi connectivity index (χ1n) is 6.39. The summed E-state index contributed by atoms with van der Waals surface area (Å²) in [4.78, 5) is 33.1. The number of benzene rings is 1. The number of hydrogen-bond acceptors (Lipinski definition) is 3. The molecule has 1 rings (SSSR count).